The van der Waals surface area contributed by atoms with Gasteiger partial charge in [-0.15, -0.1) is 0 Å². The number of fused-ring (bicyclic) bond motifs is 1. The van der Waals surface area contributed by atoms with Crippen LogP contribution in [-0.2, 0) is 6.42 Å². The second-order valence-corrected chi connectivity index (χ2v) is 3.65. The Balaban J connectivity index is 1.92. The van der Waals surface area contributed by atoms with Crippen molar-refractivity contribution in [3.05, 3.63) is 35.4 Å². The molecule has 1 aromatic rings. The topological polar surface area (TPSA) is 24.4 Å². The molecule has 2 heteroatoms. The van der Waals surface area contributed by atoms with Gasteiger partial charge in [0.25, 0.3) is 0 Å². The van der Waals surface area contributed by atoms with Crippen molar-refractivity contribution in [1.29, 1.82) is 0 Å². The van der Waals surface area contributed by atoms with Gasteiger partial charge in [-0.25, -0.2) is 0 Å². The molecular formula is C11H12N2. The first-order valence-electron chi connectivity index (χ1n) is 4.81. The lowest BCUT2D eigenvalue weighted by Gasteiger charge is -2.30. The van der Waals surface area contributed by atoms with Gasteiger partial charge in [0.15, 0.2) is 0 Å². The Kier molecular flexibility index (Phi) is 1.42. The molecule has 0 saturated heterocycles. The summed E-state index contributed by atoms with van der Waals surface area (Å²) in [5.41, 5.74) is 2.96. The van der Waals surface area contributed by atoms with Gasteiger partial charge in [-0.1, -0.05) is 24.3 Å². The van der Waals surface area contributed by atoms with Crippen LogP contribution in [0.4, 0.5) is 0 Å². The molecule has 1 aliphatic heterocycles. The number of nitrogens with zero attached hydrogens (tertiary/aromatic N) is 1. The molecule has 0 spiro atoms. The van der Waals surface area contributed by atoms with Gasteiger partial charge in [0.05, 0.1) is 6.54 Å². The summed E-state index contributed by atoms with van der Waals surface area (Å²) in [4.78, 5) is 4.46. The highest BCUT2D eigenvalue weighted by atomic mass is 15.1. The van der Waals surface area contributed by atoms with Gasteiger partial charge in [-0.2, -0.15) is 0 Å². The molecule has 0 fully saturated rings. The first kappa shape index (κ1) is 7.13. The first-order chi connectivity index (χ1) is 6.45. The Morgan fingerprint density at radius 2 is 2.23 bits per heavy atom. The van der Waals surface area contributed by atoms with Gasteiger partial charge in [0.1, 0.15) is 5.84 Å². The molecule has 1 atom stereocenters. The lowest BCUT2D eigenvalue weighted by atomic mass is 9.77. The molecule has 13 heavy (non-hydrogen) atoms. The van der Waals surface area contributed by atoms with Crippen LogP contribution in [0.2, 0.25) is 0 Å². The van der Waals surface area contributed by atoms with Gasteiger partial charge in [-0.05, 0) is 17.5 Å². The third-order valence-corrected chi connectivity index (χ3v) is 2.88. The van der Waals surface area contributed by atoms with E-state index in [0.29, 0.717) is 5.92 Å². The van der Waals surface area contributed by atoms with Gasteiger partial charge in [-0.3, -0.25) is 4.99 Å². The fourth-order valence-electron chi connectivity index (χ4n) is 2.15. The summed E-state index contributed by atoms with van der Waals surface area (Å²) >= 11 is 0. The molecule has 66 valence electrons. The third kappa shape index (κ3) is 0.981. The summed E-state index contributed by atoms with van der Waals surface area (Å²) < 4.78 is 0. The van der Waals surface area contributed by atoms with Crippen LogP contribution in [0, 0.1) is 0 Å². The van der Waals surface area contributed by atoms with Crippen LogP contribution >= 0.6 is 0 Å². The molecule has 2 aliphatic rings. The summed E-state index contributed by atoms with van der Waals surface area (Å²) in [7, 11) is 0. The molecule has 0 amide bonds. The zero-order chi connectivity index (χ0) is 8.67. The summed E-state index contributed by atoms with van der Waals surface area (Å²) in [5.74, 6) is 1.78. The highest BCUT2D eigenvalue weighted by molar-refractivity contribution is 5.92. The molecule has 1 N–H and O–H groups in total. The Labute approximate surface area is 77.7 Å². The zero-order valence-electron chi connectivity index (χ0n) is 7.46. The van der Waals surface area contributed by atoms with Crippen LogP contribution in [-0.4, -0.2) is 18.9 Å². The molecule has 0 aromatic heterocycles. The van der Waals surface area contributed by atoms with Gasteiger partial charge in [0, 0.05) is 12.5 Å². The van der Waals surface area contributed by atoms with Gasteiger partial charge < -0.3 is 5.32 Å². The van der Waals surface area contributed by atoms with E-state index in [1.54, 1.807) is 0 Å². The number of benzene rings is 1. The van der Waals surface area contributed by atoms with Crippen LogP contribution in [0.1, 0.15) is 17.0 Å². The molecule has 3 rings (SSSR count). The fourth-order valence-corrected chi connectivity index (χ4v) is 2.15. The molecule has 1 heterocycles. The van der Waals surface area contributed by atoms with Gasteiger partial charge in [0.2, 0.25) is 0 Å². The lowest BCUT2D eigenvalue weighted by Crippen LogP contribution is -2.32. The van der Waals surface area contributed by atoms with Crippen molar-refractivity contribution in [3.8, 4) is 0 Å². The average Bonchev–Trinajstić information content (AvgIpc) is 2.60. The normalized spacial score (nSPS) is 24.3. The maximum Gasteiger partial charge on any atom is 0.104 e. The molecule has 0 saturated carbocycles. The Morgan fingerprint density at radius 3 is 3.00 bits per heavy atom. The van der Waals surface area contributed by atoms with Crippen molar-refractivity contribution >= 4 is 5.84 Å². The van der Waals surface area contributed by atoms with E-state index in [9.17, 15) is 0 Å². The lowest BCUT2D eigenvalue weighted by molar-refractivity contribution is 0.748. The average molecular weight is 172 g/mol. The second-order valence-electron chi connectivity index (χ2n) is 3.65. The minimum Gasteiger partial charge on any atom is -0.371 e. The maximum atomic E-state index is 4.46. The molecule has 0 radical (unpaired) electrons. The van der Waals surface area contributed by atoms with Crippen molar-refractivity contribution in [2.24, 2.45) is 4.99 Å². The van der Waals surface area contributed by atoms with E-state index >= 15 is 0 Å². The van der Waals surface area contributed by atoms with Crippen molar-refractivity contribution in [2.75, 3.05) is 13.1 Å². The Morgan fingerprint density at radius 1 is 1.31 bits per heavy atom. The largest absolute Gasteiger partial charge is 0.371 e. The molecule has 2 nitrogen and oxygen atoms in total. The zero-order valence-corrected chi connectivity index (χ0v) is 7.46. The minimum absolute atomic E-state index is 0.568. The molecule has 1 aliphatic carbocycles. The van der Waals surface area contributed by atoms with Crippen molar-refractivity contribution < 1.29 is 0 Å². The van der Waals surface area contributed by atoms with Crippen molar-refractivity contribution in [3.63, 3.8) is 0 Å². The van der Waals surface area contributed by atoms with E-state index < -0.39 is 0 Å². The number of hydrogen-bond donors (Lipinski definition) is 1. The monoisotopic (exact) mass is 172 g/mol. The molecule has 1 aromatic carbocycles. The number of hydrogen-bond acceptors (Lipinski definition) is 2. The number of aliphatic imine (C=N–C) groups is 1. The van der Waals surface area contributed by atoms with Gasteiger partial charge >= 0.3 is 0 Å². The number of nitrogens with one attached hydrogen (secondary N) is 1. The smallest absolute Gasteiger partial charge is 0.104 e. The SMILES string of the molecule is c1ccc2c(c1)CC2C1=NCCN1. The van der Waals surface area contributed by atoms with Crippen molar-refractivity contribution in [2.45, 2.75) is 12.3 Å². The summed E-state index contributed by atoms with van der Waals surface area (Å²) in [6.07, 6.45) is 1.17. The molecular weight excluding hydrogens is 160 g/mol. The third-order valence-electron chi connectivity index (χ3n) is 2.88. The number of amidine groups is 1. The van der Waals surface area contributed by atoms with E-state index in [4.69, 9.17) is 0 Å². The first-order valence-corrected chi connectivity index (χ1v) is 4.81. The van der Waals surface area contributed by atoms with E-state index in [2.05, 4.69) is 34.6 Å². The summed E-state index contributed by atoms with van der Waals surface area (Å²) in [5, 5.41) is 3.35. The summed E-state index contributed by atoms with van der Waals surface area (Å²) in [6, 6.07) is 8.65. The number of rotatable bonds is 1. The second kappa shape index (κ2) is 2.59. The van der Waals surface area contributed by atoms with Crippen LogP contribution in [0.25, 0.3) is 0 Å². The predicted octanol–water partition coefficient (Wildman–Crippen LogP) is 1.33. The Hall–Kier alpha value is -1.31. The van der Waals surface area contributed by atoms with E-state index in [1.165, 1.54) is 23.4 Å². The fraction of sp³-hybridized carbons (Fsp3) is 0.364. The highest BCUT2D eigenvalue weighted by Crippen LogP contribution is 2.35. The van der Waals surface area contributed by atoms with E-state index in [-0.39, 0.29) is 0 Å². The molecule has 1 unspecified atom stereocenters. The van der Waals surface area contributed by atoms with Crippen LogP contribution < -0.4 is 5.32 Å². The van der Waals surface area contributed by atoms with Crippen LogP contribution in [0.15, 0.2) is 29.3 Å². The summed E-state index contributed by atoms with van der Waals surface area (Å²) in [6.45, 7) is 1.97. The van der Waals surface area contributed by atoms with E-state index in [0.717, 1.165) is 13.1 Å². The van der Waals surface area contributed by atoms with Crippen LogP contribution in [0.5, 0.6) is 0 Å². The Bertz CT molecular complexity index is 368. The maximum absolute atomic E-state index is 4.46. The van der Waals surface area contributed by atoms with E-state index in [1.807, 2.05) is 0 Å². The standard InChI is InChI=1S/C11H12N2/c1-2-4-9-8(3-1)7-10(9)11-12-5-6-13-11/h1-4,10H,5-7H2,(H,12,13). The van der Waals surface area contributed by atoms with Crippen molar-refractivity contribution in [1.82, 2.24) is 5.32 Å². The molecule has 0 bridgehead atoms. The minimum atomic E-state index is 0.568. The predicted molar refractivity (Wildman–Crippen MR) is 53.2 cm³/mol. The highest BCUT2D eigenvalue weighted by Gasteiger charge is 2.30. The van der Waals surface area contributed by atoms with Crippen LogP contribution in [0.3, 0.4) is 0 Å². The quantitative estimate of drug-likeness (QED) is 0.679.